The minimum Gasteiger partial charge on any atom is -0.504 e. The van der Waals surface area contributed by atoms with Gasteiger partial charge in [0.2, 0.25) is 5.91 Å². The number of ether oxygens (including phenoxy) is 1. The highest BCUT2D eigenvalue weighted by Gasteiger charge is 2.66. The predicted octanol–water partition coefficient (Wildman–Crippen LogP) is 2.43. The summed E-state index contributed by atoms with van der Waals surface area (Å²) in [7, 11) is 1.33. The van der Waals surface area contributed by atoms with Gasteiger partial charge in [-0.25, -0.2) is 4.39 Å². The molecule has 3 aromatic rings. The van der Waals surface area contributed by atoms with E-state index in [1.807, 2.05) is 30.3 Å². The van der Waals surface area contributed by atoms with Gasteiger partial charge >= 0.3 is 0 Å². The fourth-order valence-corrected chi connectivity index (χ4v) is 7.27. The molecule has 0 aromatic heterocycles. The standard InChI is InChI=1S/C34H31FN2O8/c1-45-25-13-22(18-6-2-4-16(8-18)14-37-15-17-5-3-7-21(35)9-17)23-11-19-10-20-12-24(38)28(33(36)43)32(42)34(20,44)31(41)26(19)30(40)27(23)29(25)39/h2-9,13,19-20,26,28,37,39,44H,10-12,14-15H2,1H3,(H2,36,43)/t19-,20+,26?,28?,34+/m1/s1. The monoisotopic (exact) mass is 614 g/mol. The maximum atomic E-state index is 14.0. The molecule has 3 aliphatic rings. The van der Waals surface area contributed by atoms with Gasteiger partial charge in [-0.05, 0) is 70.8 Å². The van der Waals surface area contributed by atoms with Crippen LogP contribution in [0.3, 0.4) is 0 Å². The van der Waals surface area contributed by atoms with Crippen LogP contribution >= 0.6 is 0 Å². The first-order valence-corrected chi connectivity index (χ1v) is 14.6. The lowest BCUT2D eigenvalue weighted by Crippen LogP contribution is -2.68. The van der Waals surface area contributed by atoms with Crippen molar-refractivity contribution < 1.29 is 43.3 Å². The molecule has 0 spiro atoms. The van der Waals surface area contributed by atoms with Gasteiger partial charge in [-0.1, -0.05) is 30.3 Å². The second-order valence-electron chi connectivity index (χ2n) is 12.0. The lowest BCUT2D eigenvalue weighted by molar-refractivity contribution is -0.175. The van der Waals surface area contributed by atoms with E-state index in [2.05, 4.69) is 5.32 Å². The van der Waals surface area contributed by atoms with Crippen molar-refractivity contribution >= 4 is 29.0 Å². The summed E-state index contributed by atoms with van der Waals surface area (Å²) in [6, 6.07) is 15.4. The molecule has 45 heavy (non-hydrogen) atoms. The molecule has 10 nitrogen and oxygen atoms in total. The number of carbonyl (C=O) groups is 5. The molecule has 0 radical (unpaired) electrons. The molecule has 2 unspecified atom stereocenters. The number of aromatic hydroxyl groups is 1. The topological polar surface area (TPSA) is 173 Å². The van der Waals surface area contributed by atoms with Gasteiger partial charge in [-0.15, -0.1) is 0 Å². The van der Waals surface area contributed by atoms with Crippen LogP contribution < -0.4 is 15.8 Å². The molecule has 2 saturated carbocycles. The Kier molecular flexibility index (Phi) is 7.62. The van der Waals surface area contributed by atoms with Gasteiger partial charge in [0.05, 0.1) is 18.6 Å². The number of nitrogens with one attached hydrogen (secondary N) is 1. The number of phenolic OH excluding ortho intramolecular Hbond substituents is 1. The van der Waals surface area contributed by atoms with Gasteiger partial charge in [0.25, 0.3) is 0 Å². The van der Waals surface area contributed by atoms with E-state index in [0.29, 0.717) is 29.8 Å². The average Bonchev–Trinajstić information content (AvgIpc) is 2.99. The molecule has 0 aliphatic heterocycles. The van der Waals surface area contributed by atoms with Crippen molar-refractivity contribution in [3.63, 3.8) is 0 Å². The van der Waals surface area contributed by atoms with Crippen LogP contribution in [0.2, 0.25) is 0 Å². The van der Waals surface area contributed by atoms with Crippen LogP contribution in [0.4, 0.5) is 4.39 Å². The number of fused-ring (bicyclic) bond motifs is 3. The van der Waals surface area contributed by atoms with Crippen LogP contribution in [0.15, 0.2) is 54.6 Å². The molecule has 5 atom stereocenters. The molecular formula is C34H31FN2O8. The van der Waals surface area contributed by atoms with Gasteiger partial charge in [0.1, 0.15) is 5.82 Å². The number of halogens is 1. The number of methoxy groups -OCH3 is 1. The maximum absolute atomic E-state index is 14.0. The second-order valence-corrected chi connectivity index (χ2v) is 12.0. The van der Waals surface area contributed by atoms with Crippen molar-refractivity contribution in [2.45, 2.75) is 38.0 Å². The fourth-order valence-electron chi connectivity index (χ4n) is 7.27. The van der Waals surface area contributed by atoms with Crippen molar-refractivity contribution in [2.24, 2.45) is 29.4 Å². The highest BCUT2D eigenvalue weighted by molar-refractivity contribution is 6.31. The number of nitrogens with two attached hydrogens (primary N) is 1. The van der Waals surface area contributed by atoms with E-state index in [0.717, 1.165) is 11.1 Å². The maximum Gasteiger partial charge on any atom is 0.235 e. The van der Waals surface area contributed by atoms with E-state index < -0.39 is 70.5 Å². The molecular weight excluding hydrogens is 583 g/mol. The van der Waals surface area contributed by atoms with E-state index in [-0.39, 0.29) is 30.0 Å². The third kappa shape index (κ3) is 4.92. The summed E-state index contributed by atoms with van der Waals surface area (Å²) in [4.78, 5) is 65.6. The Morgan fingerprint density at radius 2 is 1.71 bits per heavy atom. The third-order valence-corrected chi connectivity index (χ3v) is 9.37. The normalized spacial score (nSPS) is 25.8. The summed E-state index contributed by atoms with van der Waals surface area (Å²) in [5.74, 6) is -11.2. The first-order chi connectivity index (χ1) is 21.4. The number of amides is 1. The van der Waals surface area contributed by atoms with Crippen LogP contribution in [0.25, 0.3) is 11.1 Å². The SMILES string of the molecule is COc1cc(-c2cccc(CNCc3cccc(F)c3)c2)c2c(c1O)C(=O)C1C(=O)[C@]3(O)C(=O)C(C(N)=O)C(=O)C[C@@H]3C[C@@H]1C2. The van der Waals surface area contributed by atoms with Crippen molar-refractivity contribution in [3.8, 4) is 22.6 Å². The molecule has 11 heteroatoms. The summed E-state index contributed by atoms with van der Waals surface area (Å²) in [5.41, 5.74) is 5.87. The molecule has 1 amide bonds. The number of hydrogen-bond donors (Lipinski definition) is 4. The summed E-state index contributed by atoms with van der Waals surface area (Å²) < 4.78 is 19.0. The highest BCUT2D eigenvalue weighted by Crippen LogP contribution is 2.52. The van der Waals surface area contributed by atoms with E-state index in [9.17, 15) is 38.6 Å². The first-order valence-electron chi connectivity index (χ1n) is 14.6. The Morgan fingerprint density at radius 1 is 1.02 bits per heavy atom. The molecule has 0 bridgehead atoms. The number of Topliss-reactive ketones (excluding diaryl/α,β-unsaturated/α-hetero) is 4. The van der Waals surface area contributed by atoms with Crippen LogP contribution in [0.1, 0.15) is 39.9 Å². The molecule has 5 N–H and O–H groups in total. The van der Waals surface area contributed by atoms with Crippen LogP contribution in [-0.4, -0.2) is 52.0 Å². The largest absolute Gasteiger partial charge is 0.504 e. The lowest BCUT2D eigenvalue weighted by Gasteiger charge is -2.48. The van der Waals surface area contributed by atoms with Gasteiger partial charge < -0.3 is 26.0 Å². The number of benzene rings is 3. The summed E-state index contributed by atoms with van der Waals surface area (Å²) in [6.45, 7) is 0.892. The molecule has 6 rings (SSSR count). The van der Waals surface area contributed by atoms with Gasteiger partial charge in [-0.2, -0.15) is 0 Å². The Labute approximate surface area is 257 Å². The van der Waals surface area contributed by atoms with Crippen molar-refractivity contribution in [2.75, 3.05) is 7.11 Å². The number of rotatable bonds is 7. The van der Waals surface area contributed by atoms with Crippen LogP contribution in [-0.2, 0) is 38.7 Å². The van der Waals surface area contributed by atoms with Crippen molar-refractivity contribution in [3.05, 3.63) is 82.7 Å². The quantitative estimate of drug-likeness (QED) is 0.292. The van der Waals surface area contributed by atoms with Gasteiger partial charge in [0.15, 0.2) is 46.2 Å². The summed E-state index contributed by atoms with van der Waals surface area (Å²) >= 11 is 0. The Balaban J connectivity index is 1.35. The lowest BCUT2D eigenvalue weighted by atomic mass is 9.53. The zero-order chi connectivity index (χ0) is 32.2. The number of phenols is 1. The molecule has 0 saturated heterocycles. The zero-order valence-corrected chi connectivity index (χ0v) is 24.3. The van der Waals surface area contributed by atoms with E-state index >= 15 is 0 Å². The number of carbonyl (C=O) groups excluding carboxylic acids is 5. The number of aliphatic hydroxyl groups is 1. The van der Waals surface area contributed by atoms with Gasteiger partial charge in [0, 0.05) is 25.4 Å². The summed E-state index contributed by atoms with van der Waals surface area (Å²) in [5, 5.41) is 25.8. The van der Waals surface area contributed by atoms with Gasteiger partial charge in [-0.3, -0.25) is 24.0 Å². The van der Waals surface area contributed by atoms with Crippen LogP contribution in [0, 0.1) is 29.5 Å². The molecule has 232 valence electrons. The molecule has 3 aromatic carbocycles. The van der Waals surface area contributed by atoms with E-state index in [1.54, 1.807) is 12.1 Å². The van der Waals surface area contributed by atoms with Crippen molar-refractivity contribution in [1.82, 2.24) is 5.32 Å². The average molecular weight is 615 g/mol. The number of primary amides is 1. The molecule has 0 heterocycles. The zero-order valence-electron chi connectivity index (χ0n) is 24.3. The van der Waals surface area contributed by atoms with E-state index in [4.69, 9.17) is 10.5 Å². The molecule has 2 fully saturated rings. The van der Waals surface area contributed by atoms with Crippen molar-refractivity contribution in [1.29, 1.82) is 0 Å². The number of ketones is 4. The number of hydrogen-bond acceptors (Lipinski definition) is 9. The highest BCUT2D eigenvalue weighted by atomic mass is 19.1. The minimum absolute atomic E-state index is 0.00170. The Hall–Kier alpha value is -4.74. The fraction of sp³-hybridized carbons (Fsp3) is 0.324. The molecule has 3 aliphatic carbocycles. The van der Waals surface area contributed by atoms with E-state index in [1.165, 1.54) is 19.2 Å². The Bertz CT molecular complexity index is 1790. The van der Waals surface area contributed by atoms with Crippen LogP contribution in [0.5, 0.6) is 11.5 Å². The summed E-state index contributed by atoms with van der Waals surface area (Å²) in [6.07, 6.45) is -0.269. The third-order valence-electron chi connectivity index (χ3n) is 9.37. The Morgan fingerprint density at radius 3 is 2.38 bits per heavy atom. The second kappa shape index (κ2) is 11.3. The minimum atomic E-state index is -2.72. The first kappa shape index (κ1) is 30.3. The smallest absolute Gasteiger partial charge is 0.235 e. The predicted molar refractivity (Wildman–Crippen MR) is 157 cm³/mol.